The van der Waals surface area contributed by atoms with Crippen molar-refractivity contribution in [3.05, 3.63) is 75.3 Å². The highest BCUT2D eigenvalue weighted by Gasteiger charge is 2.39. The first-order chi connectivity index (χ1) is 11.6. The number of rotatable bonds is 2. The molecule has 0 saturated carbocycles. The number of para-hydroxylation sites is 1. The Bertz CT molecular complexity index is 862. The maximum absolute atomic E-state index is 11.5. The van der Waals surface area contributed by atoms with Gasteiger partial charge in [0.2, 0.25) is 0 Å². The number of hydrogen-bond donors (Lipinski definition) is 1. The zero-order chi connectivity index (χ0) is 16.8. The normalized spacial score (nSPS) is 24.2. The number of nitrogens with one attached hydrogen (secondary N) is 1. The third kappa shape index (κ3) is 2.40. The molecule has 4 rings (SSSR count). The van der Waals surface area contributed by atoms with Gasteiger partial charge in [0.1, 0.15) is 0 Å². The fraction of sp³-hybridized carbons (Fsp3) is 0.211. The van der Waals surface area contributed by atoms with Gasteiger partial charge < -0.3 is 15.2 Å². The minimum Gasteiger partial charge on any atom is -0.545 e. The van der Waals surface area contributed by atoms with Crippen molar-refractivity contribution in [2.45, 2.75) is 18.4 Å². The quantitative estimate of drug-likeness (QED) is 0.819. The predicted molar refractivity (Wildman–Crippen MR) is 93.6 cm³/mol. The van der Waals surface area contributed by atoms with E-state index in [2.05, 4.69) is 17.5 Å². The van der Waals surface area contributed by atoms with Crippen LogP contribution in [-0.4, -0.2) is 5.97 Å². The van der Waals surface area contributed by atoms with E-state index in [4.69, 9.17) is 23.2 Å². The molecule has 1 aliphatic heterocycles. The molecule has 2 aromatic rings. The summed E-state index contributed by atoms with van der Waals surface area (Å²) in [5.41, 5.74) is 2.73. The minimum atomic E-state index is -1.18. The summed E-state index contributed by atoms with van der Waals surface area (Å²) in [4.78, 5) is 11.5. The van der Waals surface area contributed by atoms with E-state index in [0.29, 0.717) is 15.7 Å². The van der Waals surface area contributed by atoms with E-state index < -0.39 is 5.97 Å². The number of carboxylic acid groups (broad SMARTS) is 1. The van der Waals surface area contributed by atoms with Crippen molar-refractivity contribution < 1.29 is 9.90 Å². The van der Waals surface area contributed by atoms with Crippen molar-refractivity contribution in [2.75, 3.05) is 5.32 Å². The molecule has 0 spiro atoms. The van der Waals surface area contributed by atoms with Crippen LogP contribution in [0.15, 0.2) is 48.6 Å². The molecule has 1 aliphatic carbocycles. The summed E-state index contributed by atoms with van der Waals surface area (Å²) in [6.07, 6.45) is 5.21. The first-order valence-electron chi connectivity index (χ1n) is 7.78. The van der Waals surface area contributed by atoms with Gasteiger partial charge in [0.05, 0.1) is 12.0 Å². The van der Waals surface area contributed by atoms with Crippen LogP contribution in [0.3, 0.4) is 0 Å². The molecule has 5 heteroatoms. The molecule has 24 heavy (non-hydrogen) atoms. The Balaban J connectivity index is 1.86. The van der Waals surface area contributed by atoms with Crippen molar-refractivity contribution in [1.29, 1.82) is 0 Å². The molecule has 0 bridgehead atoms. The molecule has 1 heterocycles. The number of halogens is 2. The van der Waals surface area contributed by atoms with Crippen molar-refractivity contribution in [3.8, 4) is 0 Å². The largest absolute Gasteiger partial charge is 0.545 e. The number of hydrogen-bond acceptors (Lipinski definition) is 3. The molecule has 1 N–H and O–H groups in total. The molecule has 2 aliphatic rings. The number of allylic oxidation sites excluding steroid dienone is 2. The number of aromatic carboxylic acids is 1. The van der Waals surface area contributed by atoms with Crippen molar-refractivity contribution in [3.63, 3.8) is 0 Å². The third-order valence-electron chi connectivity index (χ3n) is 4.91. The summed E-state index contributed by atoms with van der Waals surface area (Å²) in [6.45, 7) is 0. The van der Waals surface area contributed by atoms with Gasteiger partial charge in [-0.2, -0.15) is 0 Å². The first kappa shape index (κ1) is 15.6. The Kier molecular flexibility index (Phi) is 3.78. The van der Waals surface area contributed by atoms with E-state index in [1.807, 2.05) is 18.2 Å². The van der Waals surface area contributed by atoms with Crippen LogP contribution in [0, 0.1) is 5.92 Å². The molecule has 0 amide bonds. The van der Waals surface area contributed by atoms with Crippen LogP contribution in [0.25, 0.3) is 0 Å². The molecule has 122 valence electrons. The predicted octanol–water partition coefficient (Wildman–Crippen LogP) is 4.18. The molecule has 0 unspecified atom stereocenters. The molecule has 3 nitrogen and oxygen atoms in total. The Labute approximate surface area is 149 Å². The lowest BCUT2D eigenvalue weighted by molar-refractivity contribution is -0.254. The van der Waals surface area contributed by atoms with Gasteiger partial charge in [-0.05, 0) is 35.6 Å². The highest BCUT2D eigenvalue weighted by molar-refractivity contribution is 6.35. The highest BCUT2D eigenvalue weighted by Crippen LogP contribution is 2.51. The van der Waals surface area contributed by atoms with E-state index in [-0.39, 0.29) is 23.4 Å². The maximum Gasteiger partial charge on any atom is 0.0736 e. The van der Waals surface area contributed by atoms with E-state index in [0.717, 1.165) is 17.5 Å². The van der Waals surface area contributed by atoms with Crippen molar-refractivity contribution in [1.82, 2.24) is 0 Å². The monoisotopic (exact) mass is 358 g/mol. The molecule has 0 fully saturated rings. The fourth-order valence-corrected chi connectivity index (χ4v) is 4.38. The third-order valence-corrected chi connectivity index (χ3v) is 5.48. The number of benzene rings is 2. The SMILES string of the molecule is O=C([O-])c1cccc2c1N[C@H](c1ccc(Cl)cc1Cl)[C@H]1CC=C[C@H]21. The van der Waals surface area contributed by atoms with E-state index >= 15 is 0 Å². The second-order valence-corrected chi connectivity index (χ2v) is 7.04. The van der Waals surface area contributed by atoms with Crippen LogP contribution in [0.5, 0.6) is 0 Å². The van der Waals surface area contributed by atoms with Gasteiger partial charge in [0, 0.05) is 27.2 Å². The molecule has 0 radical (unpaired) electrons. The summed E-state index contributed by atoms with van der Waals surface area (Å²) >= 11 is 12.4. The van der Waals surface area contributed by atoms with E-state index in [9.17, 15) is 9.90 Å². The Morgan fingerprint density at radius 1 is 1.17 bits per heavy atom. The van der Waals surface area contributed by atoms with Gasteiger partial charge in [-0.1, -0.05) is 59.6 Å². The average Bonchev–Trinajstić information content (AvgIpc) is 3.03. The van der Waals surface area contributed by atoms with Crippen LogP contribution >= 0.6 is 23.2 Å². The first-order valence-corrected chi connectivity index (χ1v) is 8.54. The number of carbonyl (C=O) groups is 1. The van der Waals surface area contributed by atoms with E-state index in [1.165, 1.54) is 0 Å². The molecule has 0 aromatic heterocycles. The average molecular weight is 359 g/mol. The summed E-state index contributed by atoms with van der Waals surface area (Å²) in [6, 6.07) is 10.7. The van der Waals surface area contributed by atoms with Crippen LogP contribution in [0.4, 0.5) is 5.69 Å². The molecular weight excluding hydrogens is 345 g/mol. The standard InChI is InChI=1S/C19H15Cl2NO2/c20-10-7-8-14(16(21)9-10)17-12-4-1-3-11(12)13-5-2-6-15(19(23)24)18(13)22-17/h1-3,5-9,11-12,17,22H,4H2,(H,23,24)/p-1/t11-,12-,17-/m0/s1. The fourth-order valence-electron chi connectivity index (χ4n) is 3.85. The van der Waals surface area contributed by atoms with Crippen LogP contribution in [0.1, 0.15) is 39.9 Å². The zero-order valence-electron chi connectivity index (χ0n) is 12.6. The highest BCUT2D eigenvalue weighted by atomic mass is 35.5. The Morgan fingerprint density at radius 3 is 2.75 bits per heavy atom. The van der Waals surface area contributed by atoms with Gasteiger partial charge in [-0.25, -0.2) is 0 Å². The number of carbonyl (C=O) groups excluding carboxylic acids is 1. The van der Waals surface area contributed by atoms with Crippen LogP contribution < -0.4 is 10.4 Å². The number of carboxylic acids is 1. The van der Waals surface area contributed by atoms with Crippen LogP contribution in [-0.2, 0) is 0 Å². The number of anilines is 1. The van der Waals surface area contributed by atoms with Crippen molar-refractivity contribution >= 4 is 34.9 Å². The smallest absolute Gasteiger partial charge is 0.0736 e. The number of fused-ring (bicyclic) bond motifs is 3. The van der Waals surface area contributed by atoms with Crippen LogP contribution in [0.2, 0.25) is 10.0 Å². The molecular formula is C19H14Cl2NO2-. The lowest BCUT2D eigenvalue weighted by Crippen LogP contribution is -2.32. The summed E-state index contributed by atoms with van der Waals surface area (Å²) in [7, 11) is 0. The lowest BCUT2D eigenvalue weighted by Gasteiger charge is -2.39. The minimum absolute atomic E-state index is 0.0808. The van der Waals surface area contributed by atoms with Gasteiger partial charge in [0.25, 0.3) is 0 Å². The van der Waals surface area contributed by atoms with Crippen molar-refractivity contribution in [2.24, 2.45) is 5.92 Å². The summed E-state index contributed by atoms with van der Waals surface area (Å²) in [5, 5.41) is 16.1. The lowest BCUT2D eigenvalue weighted by atomic mass is 9.76. The van der Waals surface area contributed by atoms with E-state index in [1.54, 1.807) is 18.2 Å². The van der Waals surface area contributed by atoms with Gasteiger partial charge in [-0.15, -0.1) is 0 Å². The van der Waals surface area contributed by atoms with Gasteiger partial charge >= 0.3 is 0 Å². The Hall–Kier alpha value is -1.97. The molecule has 0 saturated heterocycles. The summed E-state index contributed by atoms with van der Waals surface area (Å²) in [5.74, 6) is -0.730. The molecule has 2 aromatic carbocycles. The topological polar surface area (TPSA) is 52.2 Å². The maximum atomic E-state index is 11.5. The second-order valence-electron chi connectivity index (χ2n) is 6.20. The Morgan fingerprint density at radius 2 is 2.00 bits per heavy atom. The molecule has 3 atom stereocenters. The second kappa shape index (κ2) is 5.83. The van der Waals surface area contributed by atoms with Gasteiger partial charge in [0.15, 0.2) is 0 Å². The zero-order valence-corrected chi connectivity index (χ0v) is 14.1. The summed E-state index contributed by atoms with van der Waals surface area (Å²) < 4.78 is 0. The van der Waals surface area contributed by atoms with Gasteiger partial charge in [-0.3, -0.25) is 0 Å².